The molecule has 0 N–H and O–H groups in total. The van der Waals surface area contributed by atoms with Gasteiger partial charge in [0.1, 0.15) is 0 Å². The van der Waals surface area contributed by atoms with Crippen molar-refractivity contribution < 1.29 is 9.59 Å². The van der Waals surface area contributed by atoms with Gasteiger partial charge in [-0.15, -0.1) is 0 Å². The average Bonchev–Trinajstić information content (AvgIpc) is 2.46. The van der Waals surface area contributed by atoms with Crippen LogP contribution in [0.25, 0.3) is 10.8 Å². The number of imide groups is 1. The summed E-state index contributed by atoms with van der Waals surface area (Å²) in [6, 6.07) is 7.26. The summed E-state index contributed by atoms with van der Waals surface area (Å²) in [4.78, 5) is 28.7. The molecule has 114 valence electrons. The SMILES string of the molecule is CN(C)CCN1C(=O)c2ccc(Br)c3c(Br)ccc(c23)C1=O. The van der Waals surface area contributed by atoms with Gasteiger partial charge < -0.3 is 4.90 Å². The van der Waals surface area contributed by atoms with Gasteiger partial charge in [-0.25, -0.2) is 0 Å². The monoisotopic (exact) mass is 424 g/mol. The first-order valence-electron chi connectivity index (χ1n) is 6.83. The largest absolute Gasteiger partial charge is 0.308 e. The van der Waals surface area contributed by atoms with E-state index in [0.717, 1.165) is 19.7 Å². The predicted octanol–water partition coefficient (Wildman–Crippen LogP) is 3.52. The van der Waals surface area contributed by atoms with Crippen molar-refractivity contribution >= 4 is 54.4 Å². The summed E-state index contributed by atoms with van der Waals surface area (Å²) >= 11 is 7.00. The molecule has 0 aliphatic carbocycles. The van der Waals surface area contributed by atoms with Gasteiger partial charge in [0.25, 0.3) is 11.8 Å². The lowest BCUT2D eigenvalue weighted by atomic mass is 9.94. The molecule has 0 radical (unpaired) electrons. The summed E-state index contributed by atoms with van der Waals surface area (Å²) in [6.07, 6.45) is 0. The van der Waals surface area contributed by atoms with Crippen LogP contribution in [-0.4, -0.2) is 48.8 Å². The molecule has 6 heteroatoms. The third-order valence-electron chi connectivity index (χ3n) is 3.78. The second-order valence-corrected chi connectivity index (χ2v) is 7.21. The third-order valence-corrected chi connectivity index (χ3v) is 5.10. The van der Waals surface area contributed by atoms with Gasteiger partial charge in [-0.1, -0.05) is 31.9 Å². The molecule has 22 heavy (non-hydrogen) atoms. The van der Waals surface area contributed by atoms with Gasteiger partial charge in [-0.3, -0.25) is 14.5 Å². The van der Waals surface area contributed by atoms with E-state index in [9.17, 15) is 9.59 Å². The second-order valence-electron chi connectivity index (χ2n) is 5.51. The molecule has 0 fully saturated rings. The van der Waals surface area contributed by atoms with Gasteiger partial charge in [0.2, 0.25) is 0 Å². The molecule has 0 aromatic heterocycles. The molecular weight excluding hydrogens is 412 g/mol. The van der Waals surface area contributed by atoms with Crippen LogP contribution in [-0.2, 0) is 0 Å². The van der Waals surface area contributed by atoms with Gasteiger partial charge in [-0.05, 0) is 38.4 Å². The third kappa shape index (κ3) is 2.39. The van der Waals surface area contributed by atoms with Crippen molar-refractivity contribution in [2.24, 2.45) is 0 Å². The Labute approximate surface area is 145 Å². The molecule has 0 saturated heterocycles. The number of hydrogen-bond donors (Lipinski definition) is 0. The van der Waals surface area contributed by atoms with E-state index in [2.05, 4.69) is 31.9 Å². The molecule has 1 aliphatic rings. The minimum Gasteiger partial charge on any atom is -0.308 e. The van der Waals surface area contributed by atoms with Gasteiger partial charge in [-0.2, -0.15) is 0 Å². The fourth-order valence-corrected chi connectivity index (χ4v) is 4.01. The van der Waals surface area contributed by atoms with Crippen LogP contribution in [0.4, 0.5) is 0 Å². The molecule has 0 spiro atoms. The van der Waals surface area contributed by atoms with Gasteiger partial charge in [0.15, 0.2) is 0 Å². The zero-order chi connectivity index (χ0) is 16.0. The van der Waals surface area contributed by atoms with Crippen molar-refractivity contribution in [3.63, 3.8) is 0 Å². The molecule has 3 rings (SSSR count). The minimum absolute atomic E-state index is 0.227. The van der Waals surface area contributed by atoms with Crippen molar-refractivity contribution in [1.82, 2.24) is 9.80 Å². The Morgan fingerprint density at radius 2 is 1.41 bits per heavy atom. The van der Waals surface area contributed by atoms with E-state index in [1.165, 1.54) is 4.90 Å². The van der Waals surface area contributed by atoms with Crippen LogP contribution >= 0.6 is 31.9 Å². The Balaban J connectivity index is 2.20. The maximum Gasteiger partial charge on any atom is 0.261 e. The fourth-order valence-electron chi connectivity index (χ4n) is 2.66. The lowest BCUT2D eigenvalue weighted by Crippen LogP contribution is -2.43. The van der Waals surface area contributed by atoms with Gasteiger partial charge in [0, 0.05) is 43.9 Å². The number of nitrogens with zero attached hydrogens (tertiary/aromatic N) is 2. The summed E-state index contributed by atoms with van der Waals surface area (Å²) in [7, 11) is 3.84. The van der Waals surface area contributed by atoms with Crippen LogP contribution in [0.15, 0.2) is 33.2 Å². The number of hydrogen-bond acceptors (Lipinski definition) is 3. The standard InChI is InChI=1S/C16H14Br2N2O2/c1-19(2)7-8-20-15(21)9-3-5-11(17)14-12(18)6-4-10(13(9)14)16(20)22/h3-6H,7-8H2,1-2H3. The van der Waals surface area contributed by atoms with E-state index in [-0.39, 0.29) is 11.8 Å². The molecule has 0 saturated carbocycles. The zero-order valence-electron chi connectivity index (χ0n) is 12.2. The van der Waals surface area contributed by atoms with Crippen molar-refractivity contribution in [1.29, 1.82) is 0 Å². The van der Waals surface area contributed by atoms with Crippen molar-refractivity contribution in [2.75, 3.05) is 27.2 Å². The lowest BCUT2D eigenvalue weighted by Gasteiger charge is -2.28. The van der Waals surface area contributed by atoms with E-state index in [1.807, 2.05) is 31.1 Å². The number of carbonyl (C=O) groups excluding carboxylic acids is 2. The van der Waals surface area contributed by atoms with Crippen molar-refractivity contribution in [3.8, 4) is 0 Å². The van der Waals surface area contributed by atoms with Crippen LogP contribution in [0.5, 0.6) is 0 Å². The van der Waals surface area contributed by atoms with Crippen LogP contribution in [0.2, 0.25) is 0 Å². The molecule has 0 unspecified atom stereocenters. The lowest BCUT2D eigenvalue weighted by molar-refractivity contribution is 0.0601. The van der Waals surface area contributed by atoms with E-state index in [1.54, 1.807) is 12.1 Å². The number of likely N-dealkylation sites (N-methyl/N-ethyl adjacent to an activating group) is 1. The van der Waals surface area contributed by atoms with Crippen LogP contribution in [0.1, 0.15) is 20.7 Å². The first-order chi connectivity index (χ1) is 10.4. The highest BCUT2D eigenvalue weighted by Gasteiger charge is 2.33. The number of amides is 2. The van der Waals surface area contributed by atoms with E-state index >= 15 is 0 Å². The minimum atomic E-state index is -0.227. The smallest absolute Gasteiger partial charge is 0.261 e. The number of rotatable bonds is 3. The van der Waals surface area contributed by atoms with Crippen LogP contribution in [0, 0.1) is 0 Å². The highest BCUT2D eigenvalue weighted by Crippen LogP contribution is 2.38. The first-order valence-corrected chi connectivity index (χ1v) is 8.42. The van der Waals surface area contributed by atoms with E-state index in [0.29, 0.717) is 24.2 Å². The average molecular weight is 426 g/mol. The summed E-state index contributed by atoms with van der Waals surface area (Å²) in [5, 5.41) is 1.59. The molecular formula is C16H14Br2N2O2. The zero-order valence-corrected chi connectivity index (χ0v) is 15.4. The molecule has 0 atom stereocenters. The number of carbonyl (C=O) groups is 2. The molecule has 1 heterocycles. The summed E-state index contributed by atoms with van der Waals surface area (Å²) in [6.45, 7) is 1.03. The highest BCUT2D eigenvalue weighted by atomic mass is 79.9. The van der Waals surface area contributed by atoms with E-state index in [4.69, 9.17) is 0 Å². The highest BCUT2D eigenvalue weighted by molar-refractivity contribution is 9.11. The fraction of sp³-hybridized carbons (Fsp3) is 0.250. The van der Waals surface area contributed by atoms with Crippen molar-refractivity contribution in [2.45, 2.75) is 0 Å². The van der Waals surface area contributed by atoms with Crippen molar-refractivity contribution in [3.05, 3.63) is 44.3 Å². The second kappa shape index (κ2) is 5.76. The molecule has 4 nitrogen and oxygen atoms in total. The molecule has 0 bridgehead atoms. The Morgan fingerprint density at radius 1 is 0.909 bits per heavy atom. The number of benzene rings is 2. The molecule has 2 aromatic rings. The van der Waals surface area contributed by atoms with E-state index < -0.39 is 0 Å². The number of halogens is 2. The Morgan fingerprint density at radius 3 is 1.86 bits per heavy atom. The van der Waals surface area contributed by atoms with Crippen LogP contribution < -0.4 is 0 Å². The van der Waals surface area contributed by atoms with Crippen LogP contribution in [0.3, 0.4) is 0 Å². The summed E-state index contributed by atoms with van der Waals surface area (Å²) < 4.78 is 1.73. The topological polar surface area (TPSA) is 40.6 Å². The van der Waals surface area contributed by atoms with Gasteiger partial charge >= 0.3 is 0 Å². The quantitative estimate of drug-likeness (QED) is 0.706. The maximum absolute atomic E-state index is 12.7. The summed E-state index contributed by atoms with van der Waals surface area (Å²) in [5.74, 6) is -0.454. The molecule has 1 aliphatic heterocycles. The summed E-state index contributed by atoms with van der Waals surface area (Å²) in [5.41, 5.74) is 1.15. The molecule has 2 amide bonds. The molecule has 2 aromatic carbocycles. The first kappa shape index (κ1) is 15.6. The Bertz CT molecular complexity index is 746. The van der Waals surface area contributed by atoms with Gasteiger partial charge in [0.05, 0.1) is 0 Å². The Hall–Kier alpha value is -1.24. The maximum atomic E-state index is 12.7. The predicted molar refractivity (Wildman–Crippen MR) is 93.3 cm³/mol. The Kier molecular flexibility index (Phi) is 4.09. The normalized spacial score (nSPS) is 14.3.